The van der Waals surface area contributed by atoms with Crippen LogP contribution in [0.5, 0.6) is 11.5 Å². The van der Waals surface area contributed by atoms with Gasteiger partial charge in [0.25, 0.3) is 0 Å². The third-order valence-corrected chi connectivity index (χ3v) is 5.21. The number of halogens is 2. The quantitative estimate of drug-likeness (QED) is 0.484. The first kappa shape index (κ1) is 19.0. The second-order valence-electron chi connectivity index (χ2n) is 5.74. The summed E-state index contributed by atoms with van der Waals surface area (Å²) in [6, 6.07) is 4.65. The molecule has 2 aromatic heterocycles. The number of nitrogens with zero attached hydrogens (tertiary/aromatic N) is 3. The Morgan fingerprint density at radius 3 is 2.70 bits per heavy atom. The maximum atomic E-state index is 12.4. The second-order valence-corrected chi connectivity index (χ2v) is 6.94. The average molecular weight is 392 g/mol. The lowest BCUT2D eigenvalue weighted by Crippen LogP contribution is -2.05. The van der Waals surface area contributed by atoms with Gasteiger partial charge in [0.15, 0.2) is 17.3 Å². The third-order valence-electron chi connectivity index (χ3n) is 4.09. The Labute approximate surface area is 158 Å². The number of aromatic nitrogens is 2. The number of hydrazone groups is 1. The number of aryl methyl sites for hydroxylation is 2. The van der Waals surface area contributed by atoms with Crippen LogP contribution in [0.1, 0.15) is 22.9 Å². The van der Waals surface area contributed by atoms with Crippen LogP contribution in [0.4, 0.5) is 14.6 Å². The summed E-state index contributed by atoms with van der Waals surface area (Å²) in [4.78, 5) is 10.6. The van der Waals surface area contributed by atoms with Crippen molar-refractivity contribution in [3.05, 3.63) is 40.5 Å². The van der Waals surface area contributed by atoms with E-state index in [1.165, 1.54) is 24.4 Å². The van der Waals surface area contributed by atoms with Crippen LogP contribution >= 0.6 is 11.3 Å². The molecular formula is C18H18F2N4O2S. The highest BCUT2D eigenvalue weighted by atomic mass is 32.1. The molecule has 0 saturated carbocycles. The van der Waals surface area contributed by atoms with Crippen molar-refractivity contribution in [2.75, 3.05) is 12.5 Å². The summed E-state index contributed by atoms with van der Waals surface area (Å²) in [5.74, 6) is 0.792. The van der Waals surface area contributed by atoms with Crippen molar-refractivity contribution >= 4 is 33.1 Å². The molecule has 1 aromatic carbocycles. The van der Waals surface area contributed by atoms with Crippen LogP contribution in [0.15, 0.2) is 29.6 Å². The first-order valence-electron chi connectivity index (χ1n) is 8.05. The number of methoxy groups -OCH3 is 1. The van der Waals surface area contributed by atoms with E-state index in [0.29, 0.717) is 17.1 Å². The van der Waals surface area contributed by atoms with Gasteiger partial charge in [0.2, 0.25) is 0 Å². The fourth-order valence-electron chi connectivity index (χ4n) is 2.55. The Morgan fingerprint density at radius 1 is 1.22 bits per heavy atom. The molecule has 3 rings (SSSR count). The Balaban J connectivity index is 1.88. The topological polar surface area (TPSA) is 68.6 Å². The van der Waals surface area contributed by atoms with Crippen molar-refractivity contribution in [1.82, 2.24) is 9.97 Å². The smallest absolute Gasteiger partial charge is 0.387 e. The van der Waals surface area contributed by atoms with E-state index in [4.69, 9.17) is 4.74 Å². The molecule has 6 nitrogen and oxygen atoms in total. The Kier molecular flexibility index (Phi) is 5.50. The lowest BCUT2D eigenvalue weighted by atomic mass is 10.1. The van der Waals surface area contributed by atoms with Gasteiger partial charge in [0.1, 0.15) is 11.2 Å². The van der Waals surface area contributed by atoms with Gasteiger partial charge in [-0.1, -0.05) is 0 Å². The molecule has 0 amide bonds. The van der Waals surface area contributed by atoms with Crippen LogP contribution in [-0.4, -0.2) is 29.4 Å². The number of hydrogen-bond acceptors (Lipinski definition) is 7. The number of ether oxygens (including phenoxy) is 2. The molecule has 0 atom stereocenters. The predicted molar refractivity (Wildman–Crippen MR) is 102 cm³/mol. The van der Waals surface area contributed by atoms with Gasteiger partial charge in [0, 0.05) is 10.4 Å². The molecule has 142 valence electrons. The lowest BCUT2D eigenvalue weighted by Gasteiger charge is -2.11. The second kappa shape index (κ2) is 7.83. The van der Waals surface area contributed by atoms with E-state index in [1.807, 2.05) is 13.8 Å². The summed E-state index contributed by atoms with van der Waals surface area (Å²) >= 11 is 1.60. The molecule has 0 aliphatic heterocycles. The fraction of sp³-hybridized carbons (Fsp3) is 0.278. The number of hydrogen-bond donors (Lipinski definition) is 1. The highest BCUT2D eigenvalue weighted by Gasteiger charge is 2.13. The van der Waals surface area contributed by atoms with E-state index < -0.39 is 6.61 Å². The molecule has 1 N–H and O–H groups in total. The highest BCUT2D eigenvalue weighted by molar-refractivity contribution is 7.18. The van der Waals surface area contributed by atoms with Gasteiger partial charge >= 0.3 is 6.61 Å². The Hall–Kier alpha value is -2.81. The molecule has 0 aliphatic rings. The molecule has 2 heterocycles. The molecule has 0 bridgehead atoms. The standard InChI is InChI=1S/C18H18F2N4O2S/c1-9-11(3)27-17-15(9)16(21-8-22-17)24-23-10(2)12-5-6-13(26-18(19)20)14(7-12)25-4/h5-8,18H,1-4H3,(H,21,22,24)/b23-10+. The fourth-order valence-corrected chi connectivity index (χ4v) is 3.55. The third kappa shape index (κ3) is 3.97. The average Bonchev–Trinajstić information content (AvgIpc) is 2.94. The SMILES string of the molecule is COc1cc(/C(C)=N/Nc2ncnc3sc(C)c(C)c23)ccc1OC(F)F. The van der Waals surface area contributed by atoms with Gasteiger partial charge in [-0.25, -0.2) is 9.97 Å². The number of anilines is 1. The number of fused-ring (bicyclic) bond motifs is 1. The molecule has 0 radical (unpaired) electrons. The van der Waals surface area contributed by atoms with Crippen LogP contribution in [0, 0.1) is 13.8 Å². The molecule has 0 saturated heterocycles. The number of benzene rings is 1. The highest BCUT2D eigenvalue weighted by Crippen LogP contribution is 2.33. The summed E-state index contributed by atoms with van der Waals surface area (Å²) in [7, 11) is 1.39. The van der Waals surface area contributed by atoms with E-state index in [1.54, 1.807) is 30.4 Å². The van der Waals surface area contributed by atoms with Crippen molar-refractivity contribution < 1.29 is 18.3 Å². The van der Waals surface area contributed by atoms with Crippen LogP contribution in [0.3, 0.4) is 0 Å². The summed E-state index contributed by atoms with van der Waals surface area (Å²) in [5, 5.41) is 5.31. The van der Waals surface area contributed by atoms with Gasteiger partial charge in [-0.05, 0) is 44.5 Å². The van der Waals surface area contributed by atoms with E-state index in [0.717, 1.165) is 15.8 Å². The van der Waals surface area contributed by atoms with Crippen LogP contribution in [-0.2, 0) is 0 Å². The zero-order valence-electron chi connectivity index (χ0n) is 15.2. The van der Waals surface area contributed by atoms with Crippen molar-refractivity contribution in [3.63, 3.8) is 0 Å². The summed E-state index contributed by atoms with van der Waals surface area (Å²) < 4.78 is 34.4. The minimum Gasteiger partial charge on any atom is -0.493 e. The van der Waals surface area contributed by atoms with E-state index in [-0.39, 0.29) is 11.5 Å². The molecule has 0 unspecified atom stereocenters. The summed E-state index contributed by atoms with van der Waals surface area (Å²) in [6.07, 6.45) is 1.49. The Morgan fingerprint density at radius 2 is 2.00 bits per heavy atom. The molecule has 0 spiro atoms. The molecular weight excluding hydrogens is 374 g/mol. The van der Waals surface area contributed by atoms with E-state index in [9.17, 15) is 8.78 Å². The molecule has 9 heteroatoms. The van der Waals surface area contributed by atoms with Crippen molar-refractivity contribution in [2.24, 2.45) is 5.10 Å². The molecule has 0 fully saturated rings. The van der Waals surface area contributed by atoms with Gasteiger partial charge in [-0.3, -0.25) is 5.43 Å². The first-order valence-corrected chi connectivity index (χ1v) is 8.86. The van der Waals surface area contributed by atoms with E-state index >= 15 is 0 Å². The van der Waals surface area contributed by atoms with Gasteiger partial charge in [-0.2, -0.15) is 13.9 Å². The molecule has 3 aromatic rings. The van der Waals surface area contributed by atoms with Gasteiger partial charge < -0.3 is 9.47 Å². The zero-order valence-corrected chi connectivity index (χ0v) is 16.0. The number of rotatable bonds is 6. The van der Waals surface area contributed by atoms with Crippen LogP contribution < -0.4 is 14.9 Å². The lowest BCUT2D eigenvalue weighted by molar-refractivity contribution is -0.0512. The summed E-state index contributed by atoms with van der Waals surface area (Å²) in [5.41, 5.74) is 5.42. The predicted octanol–water partition coefficient (Wildman–Crippen LogP) is 4.75. The monoisotopic (exact) mass is 392 g/mol. The summed E-state index contributed by atoms with van der Waals surface area (Å²) in [6.45, 7) is 2.93. The minimum atomic E-state index is -2.92. The van der Waals surface area contributed by atoms with Crippen molar-refractivity contribution in [1.29, 1.82) is 0 Å². The largest absolute Gasteiger partial charge is 0.493 e. The zero-order chi connectivity index (χ0) is 19.6. The normalized spacial score (nSPS) is 11.9. The van der Waals surface area contributed by atoms with Gasteiger partial charge in [-0.15, -0.1) is 11.3 Å². The Bertz CT molecular complexity index is 1000. The maximum absolute atomic E-state index is 12.4. The van der Waals surface area contributed by atoms with Crippen LogP contribution in [0.2, 0.25) is 0 Å². The van der Waals surface area contributed by atoms with Crippen molar-refractivity contribution in [2.45, 2.75) is 27.4 Å². The first-order chi connectivity index (χ1) is 12.9. The minimum absolute atomic E-state index is 0.0288. The molecule has 27 heavy (non-hydrogen) atoms. The number of nitrogens with one attached hydrogen (secondary N) is 1. The van der Waals surface area contributed by atoms with Gasteiger partial charge in [0.05, 0.1) is 18.2 Å². The maximum Gasteiger partial charge on any atom is 0.387 e. The van der Waals surface area contributed by atoms with Crippen LogP contribution in [0.25, 0.3) is 10.2 Å². The van der Waals surface area contributed by atoms with Crippen molar-refractivity contribution in [3.8, 4) is 11.5 Å². The van der Waals surface area contributed by atoms with E-state index in [2.05, 4.69) is 25.2 Å². The molecule has 0 aliphatic carbocycles. The number of thiophene rings is 1. The number of alkyl halides is 2.